The normalized spacial score (nSPS) is 10.1. The molecule has 0 fully saturated rings. The summed E-state index contributed by atoms with van der Waals surface area (Å²) in [5.74, 6) is 0.331. The van der Waals surface area contributed by atoms with Crippen LogP contribution in [0.4, 0.5) is 0 Å². The van der Waals surface area contributed by atoms with Crippen LogP contribution in [-0.4, -0.2) is 19.0 Å². The van der Waals surface area contributed by atoms with Gasteiger partial charge in [0.25, 0.3) is 0 Å². The lowest BCUT2D eigenvalue weighted by molar-refractivity contribution is -0.120. The van der Waals surface area contributed by atoms with E-state index in [1.165, 1.54) is 0 Å². The minimum atomic E-state index is 0.331. The Morgan fingerprint density at radius 1 is 1.29 bits per heavy atom. The number of rotatable bonds is 10. The fourth-order valence-corrected chi connectivity index (χ4v) is 1.24. The van der Waals surface area contributed by atoms with Gasteiger partial charge in [-0.3, -0.25) is 4.79 Å². The van der Waals surface area contributed by atoms with Gasteiger partial charge in [-0.2, -0.15) is 0 Å². The molecule has 2 heteroatoms. The van der Waals surface area contributed by atoms with Gasteiger partial charge in [-0.05, 0) is 26.2 Å². The van der Waals surface area contributed by atoms with Crippen molar-refractivity contribution in [2.45, 2.75) is 45.4 Å². The number of ketones is 1. The average Bonchev–Trinajstić information content (AvgIpc) is 2.18. The molecule has 0 saturated carbocycles. The molecule has 0 unspecified atom stereocenters. The first-order chi connectivity index (χ1) is 6.81. The first kappa shape index (κ1) is 13.4. The first-order valence-electron chi connectivity index (χ1n) is 5.51. The highest BCUT2D eigenvalue weighted by atomic mass is 16.5. The van der Waals surface area contributed by atoms with Crippen molar-refractivity contribution < 1.29 is 9.53 Å². The van der Waals surface area contributed by atoms with E-state index in [1.807, 2.05) is 13.0 Å². The van der Waals surface area contributed by atoms with Gasteiger partial charge in [0, 0.05) is 19.4 Å². The largest absolute Gasteiger partial charge is 0.381 e. The average molecular weight is 198 g/mol. The van der Waals surface area contributed by atoms with Crippen molar-refractivity contribution in [2.75, 3.05) is 13.2 Å². The summed E-state index contributed by atoms with van der Waals surface area (Å²) in [6, 6.07) is 0. The zero-order valence-electron chi connectivity index (χ0n) is 9.26. The molecule has 0 aromatic carbocycles. The highest BCUT2D eigenvalue weighted by Gasteiger charge is 2.00. The molecule has 0 saturated heterocycles. The van der Waals surface area contributed by atoms with E-state index in [-0.39, 0.29) is 0 Å². The molecule has 0 spiro atoms. The van der Waals surface area contributed by atoms with Crippen molar-refractivity contribution in [3.63, 3.8) is 0 Å². The van der Waals surface area contributed by atoms with E-state index in [9.17, 15) is 4.79 Å². The molecule has 14 heavy (non-hydrogen) atoms. The number of carbonyl (C=O) groups excluding carboxylic acids is 1. The van der Waals surface area contributed by atoms with Gasteiger partial charge < -0.3 is 4.74 Å². The molecular formula is C12H22O2. The highest BCUT2D eigenvalue weighted by molar-refractivity contribution is 5.78. The van der Waals surface area contributed by atoms with E-state index in [2.05, 4.69) is 6.58 Å². The molecule has 0 N–H and O–H groups in total. The zero-order chi connectivity index (χ0) is 10.6. The highest BCUT2D eigenvalue weighted by Crippen LogP contribution is 2.05. The van der Waals surface area contributed by atoms with E-state index in [0.29, 0.717) is 31.8 Å². The molecule has 0 amide bonds. The summed E-state index contributed by atoms with van der Waals surface area (Å²) >= 11 is 0. The summed E-state index contributed by atoms with van der Waals surface area (Å²) in [5.41, 5.74) is 0. The standard InChI is InChI=1S/C12H22O2/c1-3-5-6-7-8-9-12(13)10-11-14-4-2/h3H,1,4-11H2,2H3. The number of unbranched alkanes of at least 4 members (excludes halogenated alkanes) is 3. The van der Waals surface area contributed by atoms with Crippen molar-refractivity contribution in [3.05, 3.63) is 12.7 Å². The second kappa shape index (κ2) is 10.5. The number of Topliss-reactive ketones (excluding diaryl/α,β-unsaturated/α-hetero) is 1. The minimum absolute atomic E-state index is 0.331. The maximum absolute atomic E-state index is 11.3. The van der Waals surface area contributed by atoms with Crippen LogP contribution in [0.5, 0.6) is 0 Å². The van der Waals surface area contributed by atoms with Gasteiger partial charge in [-0.25, -0.2) is 0 Å². The SMILES string of the molecule is C=CCCCCCC(=O)CCOCC. The lowest BCUT2D eigenvalue weighted by Gasteiger charge is -2.01. The van der Waals surface area contributed by atoms with Crippen molar-refractivity contribution in [2.24, 2.45) is 0 Å². The summed E-state index contributed by atoms with van der Waals surface area (Å²) in [7, 11) is 0. The minimum Gasteiger partial charge on any atom is -0.381 e. The van der Waals surface area contributed by atoms with Crippen molar-refractivity contribution in [1.82, 2.24) is 0 Å². The Balaban J connectivity index is 3.14. The quantitative estimate of drug-likeness (QED) is 0.398. The Morgan fingerprint density at radius 2 is 2.07 bits per heavy atom. The summed E-state index contributed by atoms with van der Waals surface area (Å²) < 4.78 is 5.11. The lowest BCUT2D eigenvalue weighted by atomic mass is 10.1. The number of carbonyl (C=O) groups is 1. The molecule has 0 atom stereocenters. The van der Waals surface area contributed by atoms with Crippen LogP contribution in [0.25, 0.3) is 0 Å². The van der Waals surface area contributed by atoms with Crippen molar-refractivity contribution >= 4 is 5.78 Å². The topological polar surface area (TPSA) is 26.3 Å². The molecule has 0 rings (SSSR count). The Kier molecular flexibility index (Phi) is 9.98. The molecule has 2 nitrogen and oxygen atoms in total. The van der Waals surface area contributed by atoms with Gasteiger partial charge in [0.05, 0.1) is 6.61 Å². The van der Waals surface area contributed by atoms with E-state index >= 15 is 0 Å². The Bertz CT molecular complexity index is 152. The molecule has 0 aliphatic rings. The molecule has 0 aromatic rings. The van der Waals surface area contributed by atoms with Crippen LogP contribution in [0.1, 0.15) is 45.4 Å². The number of hydrogen-bond acceptors (Lipinski definition) is 2. The van der Waals surface area contributed by atoms with Crippen LogP contribution in [0.15, 0.2) is 12.7 Å². The molecule has 0 aliphatic carbocycles. The number of allylic oxidation sites excluding steroid dienone is 1. The first-order valence-corrected chi connectivity index (χ1v) is 5.51. The predicted molar refractivity (Wildman–Crippen MR) is 59.4 cm³/mol. The molecule has 0 aromatic heterocycles. The van der Waals surface area contributed by atoms with Crippen LogP contribution in [0.3, 0.4) is 0 Å². The third-order valence-electron chi connectivity index (χ3n) is 2.09. The maximum Gasteiger partial charge on any atom is 0.135 e. The molecule has 0 aliphatic heterocycles. The predicted octanol–water partition coefficient (Wildman–Crippen LogP) is 3.12. The monoisotopic (exact) mass is 198 g/mol. The number of ether oxygens (including phenoxy) is 1. The summed E-state index contributed by atoms with van der Waals surface area (Å²) in [5, 5.41) is 0. The van der Waals surface area contributed by atoms with Gasteiger partial charge in [-0.1, -0.05) is 12.5 Å². The van der Waals surface area contributed by atoms with E-state index < -0.39 is 0 Å². The fourth-order valence-electron chi connectivity index (χ4n) is 1.24. The maximum atomic E-state index is 11.3. The van der Waals surface area contributed by atoms with Crippen LogP contribution in [0.2, 0.25) is 0 Å². The van der Waals surface area contributed by atoms with Crippen LogP contribution in [0, 0.1) is 0 Å². The van der Waals surface area contributed by atoms with Crippen LogP contribution >= 0.6 is 0 Å². The van der Waals surface area contributed by atoms with Crippen LogP contribution in [-0.2, 0) is 9.53 Å². The van der Waals surface area contributed by atoms with Gasteiger partial charge in [-0.15, -0.1) is 6.58 Å². The molecule has 0 radical (unpaired) electrons. The molecule has 0 bridgehead atoms. The molecular weight excluding hydrogens is 176 g/mol. The Hall–Kier alpha value is -0.630. The Labute approximate surface area is 87.3 Å². The van der Waals surface area contributed by atoms with E-state index in [1.54, 1.807) is 0 Å². The summed E-state index contributed by atoms with van der Waals surface area (Å²) in [6.45, 7) is 6.89. The smallest absolute Gasteiger partial charge is 0.135 e. The van der Waals surface area contributed by atoms with E-state index in [0.717, 1.165) is 25.7 Å². The second-order valence-electron chi connectivity index (χ2n) is 3.37. The van der Waals surface area contributed by atoms with Crippen LogP contribution < -0.4 is 0 Å². The Morgan fingerprint density at radius 3 is 2.71 bits per heavy atom. The van der Waals surface area contributed by atoms with Gasteiger partial charge in [0.2, 0.25) is 0 Å². The number of hydrogen-bond donors (Lipinski definition) is 0. The second-order valence-corrected chi connectivity index (χ2v) is 3.37. The van der Waals surface area contributed by atoms with E-state index in [4.69, 9.17) is 4.74 Å². The van der Waals surface area contributed by atoms with Gasteiger partial charge in [0.1, 0.15) is 5.78 Å². The third-order valence-corrected chi connectivity index (χ3v) is 2.09. The van der Waals surface area contributed by atoms with Crippen molar-refractivity contribution in [1.29, 1.82) is 0 Å². The van der Waals surface area contributed by atoms with Gasteiger partial charge in [0.15, 0.2) is 0 Å². The van der Waals surface area contributed by atoms with Crippen molar-refractivity contribution in [3.8, 4) is 0 Å². The summed E-state index contributed by atoms with van der Waals surface area (Å²) in [4.78, 5) is 11.3. The lowest BCUT2D eigenvalue weighted by Crippen LogP contribution is -2.03. The fraction of sp³-hybridized carbons (Fsp3) is 0.750. The molecule has 0 heterocycles. The zero-order valence-corrected chi connectivity index (χ0v) is 9.26. The summed E-state index contributed by atoms with van der Waals surface area (Å²) in [6.07, 6.45) is 7.58. The third kappa shape index (κ3) is 9.46. The van der Waals surface area contributed by atoms with Gasteiger partial charge >= 0.3 is 0 Å². The molecule has 82 valence electrons.